The first kappa shape index (κ1) is 12.5. The van der Waals surface area contributed by atoms with Crippen molar-refractivity contribution in [2.24, 2.45) is 0 Å². The summed E-state index contributed by atoms with van der Waals surface area (Å²) in [4.78, 5) is 6.66. The summed E-state index contributed by atoms with van der Waals surface area (Å²) in [5, 5.41) is 3.37. The zero-order valence-corrected chi connectivity index (χ0v) is 10.6. The second-order valence-electron chi connectivity index (χ2n) is 4.67. The van der Waals surface area contributed by atoms with E-state index in [4.69, 9.17) is 4.74 Å². The van der Waals surface area contributed by atoms with Crippen molar-refractivity contribution >= 4 is 0 Å². The fraction of sp³-hybridized carbons (Fsp3) is 0.615. The van der Waals surface area contributed by atoms with E-state index in [1.807, 2.05) is 18.3 Å². The molecule has 1 aromatic heterocycles. The van der Waals surface area contributed by atoms with Gasteiger partial charge in [-0.15, -0.1) is 0 Å². The van der Waals surface area contributed by atoms with Gasteiger partial charge in [-0.3, -0.25) is 4.98 Å². The van der Waals surface area contributed by atoms with Gasteiger partial charge in [0.05, 0.1) is 24.4 Å². The molecule has 4 heteroatoms. The van der Waals surface area contributed by atoms with Crippen molar-refractivity contribution in [1.82, 2.24) is 15.2 Å². The summed E-state index contributed by atoms with van der Waals surface area (Å²) in [7, 11) is 4.19. The quantitative estimate of drug-likeness (QED) is 0.847. The summed E-state index contributed by atoms with van der Waals surface area (Å²) in [6.07, 6.45) is 3.13. The fourth-order valence-electron chi connectivity index (χ4n) is 2.19. The molecule has 1 aliphatic heterocycles. The Bertz CT molecular complexity index is 323. The molecule has 1 saturated heterocycles. The Kier molecular flexibility index (Phi) is 4.48. The first-order chi connectivity index (χ1) is 8.27. The summed E-state index contributed by atoms with van der Waals surface area (Å²) in [6, 6.07) is 6.40. The minimum atomic E-state index is 0.290. The van der Waals surface area contributed by atoms with Crippen molar-refractivity contribution in [2.75, 3.05) is 33.8 Å². The molecule has 2 atom stereocenters. The van der Waals surface area contributed by atoms with Crippen LogP contribution in [0.25, 0.3) is 0 Å². The van der Waals surface area contributed by atoms with E-state index >= 15 is 0 Å². The smallest absolute Gasteiger partial charge is 0.0718 e. The molecule has 0 aliphatic carbocycles. The molecule has 1 aliphatic rings. The Morgan fingerprint density at radius 3 is 3.00 bits per heavy atom. The lowest BCUT2D eigenvalue weighted by molar-refractivity contribution is 0.00849. The third-order valence-electron chi connectivity index (χ3n) is 3.14. The van der Waals surface area contributed by atoms with E-state index in [9.17, 15) is 0 Å². The van der Waals surface area contributed by atoms with Crippen molar-refractivity contribution in [1.29, 1.82) is 0 Å². The number of rotatable bonds is 4. The highest BCUT2D eigenvalue weighted by atomic mass is 16.5. The van der Waals surface area contributed by atoms with Crippen LogP contribution in [-0.4, -0.2) is 49.8 Å². The van der Waals surface area contributed by atoms with Crippen LogP contribution in [0, 0.1) is 0 Å². The molecule has 1 fully saturated rings. The minimum Gasteiger partial charge on any atom is -0.376 e. The standard InChI is InChI=1S/C13H21N3O/c1-16(2)13(12-5-3-4-6-15-12)9-11-10-14-7-8-17-11/h3-6,11,13-14H,7-10H2,1-2H3. The monoisotopic (exact) mass is 235 g/mol. The molecule has 0 amide bonds. The van der Waals surface area contributed by atoms with Crippen LogP contribution in [0.5, 0.6) is 0 Å². The van der Waals surface area contributed by atoms with Crippen LogP contribution in [0.4, 0.5) is 0 Å². The number of pyridine rings is 1. The Morgan fingerprint density at radius 1 is 1.53 bits per heavy atom. The maximum atomic E-state index is 5.76. The summed E-state index contributed by atoms with van der Waals surface area (Å²) in [6.45, 7) is 2.72. The summed E-state index contributed by atoms with van der Waals surface area (Å²) in [5.41, 5.74) is 1.12. The van der Waals surface area contributed by atoms with E-state index in [-0.39, 0.29) is 6.10 Å². The van der Waals surface area contributed by atoms with Gasteiger partial charge >= 0.3 is 0 Å². The topological polar surface area (TPSA) is 37.4 Å². The van der Waals surface area contributed by atoms with Crippen LogP contribution in [0.1, 0.15) is 18.2 Å². The van der Waals surface area contributed by atoms with Gasteiger partial charge in [-0.05, 0) is 32.6 Å². The summed E-state index contributed by atoms with van der Waals surface area (Å²) >= 11 is 0. The lowest BCUT2D eigenvalue weighted by Gasteiger charge is -2.30. The highest BCUT2D eigenvalue weighted by Crippen LogP contribution is 2.23. The molecule has 2 rings (SSSR count). The molecule has 0 radical (unpaired) electrons. The van der Waals surface area contributed by atoms with Gasteiger partial charge in [0.25, 0.3) is 0 Å². The first-order valence-corrected chi connectivity index (χ1v) is 6.17. The van der Waals surface area contributed by atoms with Gasteiger partial charge in [-0.25, -0.2) is 0 Å². The molecule has 0 saturated carbocycles. The van der Waals surface area contributed by atoms with Crippen molar-refractivity contribution in [3.05, 3.63) is 30.1 Å². The normalized spacial score (nSPS) is 22.6. The van der Waals surface area contributed by atoms with Crippen LogP contribution < -0.4 is 5.32 Å². The van der Waals surface area contributed by atoms with E-state index in [1.54, 1.807) is 0 Å². The lowest BCUT2D eigenvalue weighted by atomic mass is 10.0. The second-order valence-corrected chi connectivity index (χ2v) is 4.67. The number of nitrogens with one attached hydrogen (secondary N) is 1. The molecule has 0 aromatic carbocycles. The molecule has 4 nitrogen and oxygen atoms in total. The molecule has 2 heterocycles. The maximum Gasteiger partial charge on any atom is 0.0718 e. The number of hydrogen-bond acceptors (Lipinski definition) is 4. The van der Waals surface area contributed by atoms with Crippen LogP contribution >= 0.6 is 0 Å². The van der Waals surface area contributed by atoms with Gasteiger partial charge in [0.2, 0.25) is 0 Å². The SMILES string of the molecule is CN(C)C(CC1CNCCO1)c1ccccn1. The number of morpholine rings is 1. The minimum absolute atomic E-state index is 0.290. The van der Waals surface area contributed by atoms with Crippen molar-refractivity contribution in [2.45, 2.75) is 18.6 Å². The molecule has 1 N–H and O–H groups in total. The van der Waals surface area contributed by atoms with Crippen LogP contribution in [0.3, 0.4) is 0 Å². The Labute approximate surface area is 103 Å². The molecular weight excluding hydrogens is 214 g/mol. The number of nitrogens with zero attached hydrogens (tertiary/aromatic N) is 2. The largest absolute Gasteiger partial charge is 0.376 e. The van der Waals surface area contributed by atoms with Crippen molar-refractivity contribution in [3.8, 4) is 0 Å². The molecular formula is C13H21N3O. The van der Waals surface area contributed by atoms with Gasteiger partial charge in [0.15, 0.2) is 0 Å². The first-order valence-electron chi connectivity index (χ1n) is 6.17. The zero-order chi connectivity index (χ0) is 12.1. The Hall–Kier alpha value is -0.970. The predicted octanol–water partition coefficient (Wildman–Crippen LogP) is 1.06. The van der Waals surface area contributed by atoms with Crippen LogP contribution in [0.2, 0.25) is 0 Å². The Balaban J connectivity index is 2.02. The van der Waals surface area contributed by atoms with Crippen molar-refractivity contribution in [3.63, 3.8) is 0 Å². The van der Waals surface area contributed by atoms with Gasteiger partial charge in [-0.1, -0.05) is 6.07 Å². The zero-order valence-electron chi connectivity index (χ0n) is 10.6. The van der Waals surface area contributed by atoms with E-state index in [0.717, 1.165) is 31.8 Å². The van der Waals surface area contributed by atoms with E-state index < -0.39 is 0 Å². The summed E-state index contributed by atoms with van der Waals surface area (Å²) in [5.74, 6) is 0. The highest BCUT2D eigenvalue weighted by molar-refractivity contribution is 5.09. The number of aromatic nitrogens is 1. The maximum absolute atomic E-state index is 5.76. The predicted molar refractivity (Wildman–Crippen MR) is 67.9 cm³/mol. The van der Waals surface area contributed by atoms with Gasteiger partial charge in [0, 0.05) is 19.3 Å². The second kappa shape index (κ2) is 6.10. The lowest BCUT2D eigenvalue weighted by Crippen LogP contribution is -2.40. The molecule has 0 bridgehead atoms. The molecule has 1 aromatic rings. The molecule has 17 heavy (non-hydrogen) atoms. The summed E-state index contributed by atoms with van der Waals surface area (Å²) < 4.78 is 5.76. The third-order valence-corrected chi connectivity index (χ3v) is 3.14. The van der Waals surface area contributed by atoms with E-state index in [0.29, 0.717) is 6.04 Å². The average molecular weight is 235 g/mol. The fourth-order valence-corrected chi connectivity index (χ4v) is 2.19. The highest BCUT2D eigenvalue weighted by Gasteiger charge is 2.22. The number of ether oxygens (including phenoxy) is 1. The van der Waals surface area contributed by atoms with Gasteiger partial charge in [0.1, 0.15) is 0 Å². The molecule has 94 valence electrons. The van der Waals surface area contributed by atoms with Gasteiger partial charge in [-0.2, -0.15) is 0 Å². The van der Waals surface area contributed by atoms with E-state index in [2.05, 4.69) is 35.4 Å². The van der Waals surface area contributed by atoms with Crippen molar-refractivity contribution < 1.29 is 4.74 Å². The van der Waals surface area contributed by atoms with Crippen LogP contribution in [0.15, 0.2) is 24.4 Å². The van der Waals surface area contributed by atoms with Gasteiger partial charge < -0.3 is 15.0 Å². The third kappa shape index (κ3) is 3.49. The van der Waals surface area contributed by atoms with Crippen LogP contribution in [-0.2, 0) is 4.74 Å². The number of hydrogen-bond donors (Lipinski definition) is 1. The van der Waals surface area contributed by atoms with E-state index in [1.165, 1.54) is 0 Å². The molecule has 2 unspecified atom stereocenters. The molecule has 0 spiro atoms. The Morgan fingerprint density at radius 2 is 2.41 bits per heavy atom. The average Bonchev–Trinajstić information content (AvgIpc) is 2.38.